The smallest absolute Gasteiger partial charge is 0.243 e. The lowest BCUT2D eigenvalue weighted by Crippen LogP contribution is -2.42. The standard InChI is InChI=1S/C26H43NO2/c1-4-7-10-11-12-13-14-15-16-17-18-21-25(28)27-24-26(29,22-19-8-5-2)23-20-9-6-3/h4,7,10-15,18,21,29H,5-6,8-9,16-17,19-20,22-24H2,1-3H3,(H,27,28). The van der Waals surface area contributed by atoms with Crippen LogP contribution in [0.5, 0.6) is 0 Å². The maximum atomic E-state index is 12.1. The van der Waals surface area contributed by atoms with Gasteiger partial charge in [-0.25, -0.2) is 0 Å². The molecule has 0 atom stereocenters. The van der Waals surface area contributed by atoms with Crippen molar-refractivity contribution >= 4 is 5.91 Å². The highest BCUT2D eigenvalue weighted by molar-refractivity contribution is 5.87. The van der Waals surface area contributed by atoms with Crippen LogP contribution in [-0.4, -0.2) is 23.2 Å². The number of hydrogen-bond donors (Lipinski definition) is 2. The minimum atomic E-state index is -0.774. The second-order valence-corrected chi connectivity index (χ2v) is 7.56. The van der Waals surface area contributed by atoms with Gasteiger partial charge >= 0.3 is 0 Å². The summed E-state index contributed by atoms with van der Waals surface area (Å²) in [5, 5.41) is 13.8. The molecule has 0 aliphatic rings. The quantitative estimate of drug-likeness (QED) is 0.164. The summed E-state index contributed by atoms with van der Waals surface area (Å²) in [6, 6.07) is 0. The predicted molar refractivity (Wildman–Crippen MR) is 127 cm³/mol. The van der Waals surface area contributed by atoms with E-state index < -0.39 is 5.60 Å². The molecule has 0 aliphatic carbocycles. The van der Waals surface area contributed by atoms with Gasteiger partial charge in [0.05, 0.1) is 5.60 Å². The van der Waals surface area contributed by atoms with E-state index in [1.165, 1.54) is 0 Å². The lowest BCUT2D eigenvalue weighted by atomic mass is 9.90. The molecular formula is C26H43NO2. The van der Waals surface area contributed by atoms with Gasteiger partial charge in [-0.15, -0.1) is 0 Å². The highest BCUT2D eigenvalue weighted by Gasteiger charge is 2.26. The number of amides is 1. The van der Waals surface area contributed by atoms with Gasteiger partial charge in [-0.1, -0.05) is 107 Å². The molecule has 0 saturated carbocycles. The number of nitrogens with one attached hydrogen (secondary N) is 1. The van der Waals surface area contributed by atoms with E-state index in [2.05, 4.69) is 25.2 Å². The second-order valence-electron chi connectivity index (χ2n) is 7.56. The van der Waals surface area contributed by atoms with Crippen molar-refractivity contribution in [3.63, 3.8) is 0 Å². The number of aliphatic hydroxyl groups is 1. The van der Waals surface area contributed by atoms with Crippen LogP contribution in [0, 0.1) is 0 Å². The van der Waals surface area contributed by atoms with Gasteiger partial charge in [0.1, 0.15) is 0 Å². The first-order chi connectivity index (χ1) is 14.1. The largest absolute Gasteiger partial charge is 0.388 e. The number of carbonyl (C=O) groups is 1. The van der Waals surface area contributed by atoms with Gasteiger partial charge in [-0.3, -0.25) is 4.79 Å². The average Bonchev–Trinajstić information content (AvgIpc) is 2.71. The van der Waals surface area contributed by atoms with Gasteiger partial charge in [0.2, 0.25) is 5.91 Å². The van der Waals surface area contributed by atoms with Crippen molar-refractivity contribution in [3.8, 4) is 0 Å². The van der Waals surface area contributed by atoms with Crippen LogP contribution in [0.1, 0.15) is 85.0 Å². The zero-order valence-corrected chi connectivity index (χ0v) is 18.9. The third-order valence-electron chi connectivity index (χ3n) is 4.74. The van der Waals surface area contributed by atoms with E-state index in [0.29, 0.717) is 6.54 Å². The Hall–Kier alpha value is -1.87. The van der Waals surface area contributed by atoms with Crippen LogP contribution < -0.4 is 5.32 Å². The SMILES string of the molecule is CC=CC=CC=CC=CCCC=CC(=O)NCC(O)(CCCCC)CCCCC. The zero-order valence-electron chi connectivity index (χ0n) is 18.9. The third-order valence-corrected chi connectivity index (χ3v) is 4.74. The zero-order chi connectivity index (χ0) is 21.6. The first-order valence-corrected chi connectivity index (χ1v) is 11.4. The van der Waals surface area contributed by atoms with Crippen molar-refractivity contribution in [2.24, 2.45) is 0 Å². The van der Waals surface area contributed by atoms with Crippen LogP contribution in [0.3, 0.4) is 0 Å². The summed E-state index contributed by atoms with van der Waals surface area (Å²) in [6.07, 6.45) is 29.3. The summed E-state index contributed by atoms with van der Waals surface area (Å²) in [5.41, 5.74) is -0.774. The van der Waals surface area contributed by atoms with E-state index >= 15 is 0 Å². The molecule has 0 aromatic carbocycles. The summed E-state index contributed by atoms with van der Waals surface area (Å²) in [6.45, 7) is 6.66. The van der Waals surface area contributed by atoms with Crippen molar-refractivity contribution in [1.29, 1.82) is 0 Å². The van der Waals surface area contributed by atoms with Crippen molar-refractivity contribution in [2.45, 2.75) is 90.6 Å². The summed E-state index contributed by atoms with van der Waals surface area (Å²) in [4.78, 5) is 12.1. The number of unbranched alkanes of at least 4 members (excludes halogenated alkanes) is 5. The van der Waals surface area contributed by atoms with E-state index in [-0.39, 0.29) is 5.91 Å². The molecule has 1 amide bonds. The number of carbonyl (C=O) groups excluding carboxylic acids is 1. The van der Waals surface area contributed by atoms with E-state index in [1.54, 1.807) is 6.08 Å². The summed E-state index contributed by atoms with van der Waals surface area (Å²) >= 11 is 0. The maximum absolute atomic E-state index is 12.1. The fourth-order valence-corrected chi connectivity index (χ4v) is 2.95. The Morgan fingerprint density at radius 2 is 1.38 bits per heavy atom. The van der Waals surface area contributed by atoms with Crippen LogP contribution in [0.15, 0.2) is 60.8 Å². The topological polar surface area (TPSA) is 49.3 Å². The summed E-state index contributed by atoms with van der Waals surface area (Å²) < 4.78 is 0. The van der Waals surface area contributed by atoms with Crippen molar-refractivity contribution < 1.29 is 9.90 Å². The predicted octanol–water partition coefficient (Wildman–Crippen LogP) is 6.58. The molecule has 0 aromatic rings. The molecule has 0 spiro atoms. The van der Waals surface area contributed by atoms with Crippen molar-refractivity contribution in [3.05, 3.63) is 60.8 Å². The molecule has 0 heterocycles. The minimum absolute atomic E-state index is 0.118. The van der Waals surface area contributed by atoms with Gasteiger partial charge < -0.3 is 10.4 Å². The normalized spacial score (nSPS) is 13.1. The number of hydrogen-bond acceptors (Lipinski definition) is 2. The molecule has 0 radical (unpaired) electrons. The molecule has 0 saturated heterocycles. The molecule has 0 aromatic heterocycles. The number of allylic oxidation sites excluding steroid dienone is 9. The first-order valence-electron chi connectivity index (χ1n) is 11.4. The van der Waals surface area contributed by atoms with Crippen molar-refractivity contribution in [2.75, 3.05) is 6.54 Å². The van der Waals surface area contributed by atoms with E-state index in [4.69, 9.17) is 0 Å². The second kappa shape index (κ2) is 19.4. The van der Waals surface area contributed by atoms with Gasteiger partial charge in [-0.2, -0.15) is 0 Å². The molecule has 0 rings (SSSR count). The third kappa shape index (κ3) is 17.9. The molecular weight excluding hydrogens is 358 g/mol. The lowest BCUT2D eigenvalue weighted by molar-refractivity contribution is -0.118. The average molecular weight is 402 g/mol. The first kappa shape index (κ1) is 27.1. The fourth-order valence-electron chi connectivity index (χ4n) is 2.95. The molecule has 3 nitrogen and oxygen atoms in total. The van der Waals surface area contributed by atoms with E-state index in [0.717, 1.165) is 64.2 Å². The molecule has 0 unspecified atom stereocenters. The summed E-state index contributed by atoms with van der Waals surface area (Å²) in [7, 11) is 0. The van der Waals surface area contributed by atoms with Gasteiger partial charge in [0.15, 0.2) is 0 Å². The van der Waals surface area contributed by atoms with Crippen LogP contribution in [0.2, 0.25) is 0 Å². The highest BCUT2D eigenvalue weighted by atomic mass is 16.3. The molecule has 29 heavy (non-hydrogen) atoms. The Balaban J connectivity index is 4.19. The molecule has 0 bridgehead atoms. The summed E-state index contributed by atoms with van der Waals surface area (Å²) in [5.74, 6) is -0.118. The van der Waals surface area contributed by atoms with Gasteiger partial charge in [0, 0.05) is 6.54 Å². The molecule has 2 N–H and O–H groups in total. The van der Waals surface area contributed by atoms with Crippen LogP contribution in [0.4, 0.5) is 0 Å². The Bertz CT molecular complexity index is 531. The lowest BCUT2D eigenvalue weighted by Gasteiger charge is -2.28. The van der Waals surface area contributed by atoms with Gasteiger partial charge in [-0.05, 0) is 38.7 Å². The van der Waals surface area contributed by atoms with Crippen LogP contribution >= 0.6 is 0 Å². The molecule has 164 valence electrons. The molecule has 0 fully saturated rings. The Morgan fingerprint density at radius 3 is 1.97 bits per heavy atom. The van der Waals surface area contributed by atoms with Crippen molar-refractivity contribution in [1.82, 2.24) is 5.32 Å². The fraction of sp³-hybridized carbons (Fsp3) is 0.577. The Kier molecular flexibility index (Phi) is 18.2. The molecule has 0 aliphatic heterocycles. The van der Waals surface area contributed by atoms with Crippen LogP contribution in [0.25, 0.3) is 0 Å². The van der Waals surface area contributed by atoms with Gasteiger partial charge in [0.25, 0.3) is 0 Å². The Morgan fingerprint density at radius 1 is 0.828 bits per heavy atom. The monoisotopic (exact) mass is 401 g/mol. The van der Waals surface area contributed by atoms with E-state index in [1.807, 2.05) is 55.5 Å². The molecule has 3 heteroatoms. The Labute approximate surface area is 179 Å². The maximum Gasteiger partial charge on any atom is 0.243 e. The minimum Gasteiger partial charge on any atom is -0.388 e. The highest BCUT2D eigenvalue weighted by Crippen LogP contribution is 2.22. The van der Waals surface area contributed by atoms with Crippen LogP contribution in [-0.2, 0) is 4.79 Å². The van der Waals surface area contributed by atoms with E-state index in [9.17, 15) is 9.90 Å². The number of rotatable bonds is 17.